The van der Waals surface area contributed by atoms with Crippen LogP contribution in [0.15, 0.2) is 60.9 Å². The molecular weight excluding hydrogens is 344 g/mol. The number of rotatable bonds is 4. The van der Waals surface area contributed by atoms with Crippen molar-refractivity contribution >= 4 is 11.7 Å². The van der Waals surface area contributed by atoms with Gasteiger partial charge in [-0.15, -0.1) is 0 Å². The van der Waals surface area contributed by atoms with Crippen molar-refractivity contribution in [3.8, 4) is 22.8 Å². The van der Waals surface area contributed by atoms with Gasteiger partial charge in [-0.05, 0) is 24.3 Å². The van der Waals surface area contributed by atoms with Crippen molar-refractivity contribution in [1.82, 2.24) is 15.3 Å². The number of anilines is 1. The molecule has 3 N–H and O–H groups in total. The average Bonchev–Trinajstić information content (AvgIpc) is 2.72. The Morgan fingerprint density at radius 1 is 1.11 bits per heavy atom. The van der Waals surface area contributed by atoms with E-state index in [0.29, 0.717) is 36.0 Å². The van der Waals surface area contributed by atoms with E-state index in [1.54, 1.807) is 18.3 Å². The van der Waals surface area contributed by atoms with Crippen molar-refractivity contribution in [3.63, 3.8) is 0 Å². The first kappa shape index (κ1) is 16.8. The van der Waals surface area contributed by atoms with Crippen LogP contribution in [0.25, 0.3) is 11.3 Å². The molecule has 7 nitrogen and oxygen atoms in total. The third-order valence-electron chi connectivity index (χ3n) is 4.15. The van der Waals surface area contributed by atoms with E-state index in [4.69, 9.17) is 15.2 Å². The third kappa shape index (κ3) is 3.82. The van der Waals surface area contributed by atoms with E-state index in [0.717, 1.165) is 11.3 Å². The topological polar surface area (TPSA) is 99.4 Å². The lowest BCUT2D eigenvalue weighted by Gasteiger charge is -2.26. The van der Waals surface area contributed by atoms with Crippen molar-refractivity contribution in [2.45, 2.75) is 6.10 Å². The standard InChI is InChI=1S/C20H18N4O3/c21-19-11-22-10-16(24-19)13-5-7-14(8-6-13)20(25)23-9-15-12-26-17-3-1-2-4-18(17)27-15/h1-8,10-11,15H,9,12H2,(H2,21,24)(H,23,25). The quantitative estimate of drug-likeness (QED) is 0.739. The zero-order valence-corrected chi connectivity index (χ0v) is 14.5. The van der Waals surface area contributed by atoms with E-state index >= 15 is 0 Å². The van der Waals surface area contributed by atoms with Crippen molar-refractivity contribution < 1.29 is 14.3 Å². The van der Waals surface area contributed by atoms with Crippen LogP contribution in [0.1, 0.15) is 10.4 Å². The number of nitrogens with zero attached hydrogens (tertiary/aromatic N) is 2. The number of fused-ring (bicyclic) bond motifs is 1. The van der Waals surface area contributed by atoms with Gasteiger partial charge in [-0.3, -0.25) is 9.78 Å². The molecule has 0 bridgehead atoms. The Balaban J connectivity index is 1.36. The highest BCUT2D eigenvalue weighted by molar-refractivity contribution is 5.94. The number of nitrogens with one attached hydrogen (secondary N) is 1. The van der Waals surface area contributed by atoms with Crippen molar-refractivity contribution in [2.24, 2.45) is 0 Å². The number of benzene rings is 2. The van der Waals surface area contributed by atoms with Gasteiger partial charge in [-0.25, -0.2) is 4.98 Å². The third-order valence-corrected chi connectivity index (χ3v) is 4.15. The van der Waals surface area contributed by atoms with Gasteiger partial charge in [0.25, 0.3) is 5.91 Å². The SMILES string of the molecule is Nc1cncc(-c2ccc(C(=O)NCC3COc4ccccc4O3)cc2)n1. The van der Waals surface area contributed by atoms with E-state index in [-0.39, 0.29) is 12.0 Å². The minimum atomic E-state index is -0.231. The van der Waals surface area contributed by atoms with Crippen molar-refractivity contribution in [1.29, 1.82) is 0 Å². The molecule has 0 aliphatic carbocycles. The zero-order chi connectivity index (χ0) is 18.6. The fourth-order valence-electron chi connectivity index (χ4n) is 2.78. The highest BCUT2D eigenvalue weighted by Gasteiger charge is 2.21. The summed E-state index contributed by atoms with van der Waals surface area (Å²) in [7, 11) is 0. The van der Waals surface area contributed by atoms with Gasteiger partial charge >= 0.3 is 0 Å². The Bertz CT molecular complexity index is 959. The molecule has 4 rings (SSSR count). The molecule has 0 saturated carbocycles. The Labute approximate surface area is 156 Å². The number of amides is 1. The molecule has 1 atom stereocenters. The van der Waals surface area contributed by atoms with E-state index in [2.05, 4.69) is 15.3 Å². The molecule has 0 saturated heterocycles. The zero-order valence-electron chi connectivity index (χ0n) is 14.5. The summed E-state index contributed by atoms with van der Waals surface area (Å²) >= 11 is 0. The molecular formula is C20H18N4O3. The van der Waals surface area contributed by atoms with Gasteiger partial charge in [-0.2, -0.15) is 0 Å². The second kappa shape index (κ2) is 7.33. The molecule has 1 aromatic heterocycles. The number of nitrogens with two attached hydrogens (primary N) is 1. The molecule has 7 heteroatoms. The second-order valence-electron chi connectivity index (χ2n) is 6.11. The summed E-state index contributed by atoms with van der Waals surface area (Å²) in [5.74, 6) is 1.59. The first-order valence-electron chi connectivity index (χ1n) is 8.54. The van der Waals surface area contributed by atoms with Crippen molar-refractivity contribution in [2.75, 3.05) is 18.9 Å². The number of aromatic nitrogens is 2. The van der Waals surface area contributed by atoms with E-state index in [1.165, 1.54) is 6.20 Å². The molecule has 3 aromatic rings. The summed E-state index contributed by atoms with van der Waals surface area (Å²) in [4.78, 5) is 20.6. The lowest BCUT2D eigenvalue weighted by atomic mass is 10.1. The fraction of sp³-hybridized carbons (Fsp3) is 0.150. The minimum Gasteiger partial charge on any atom is -0.486 e. The molecule has 2 heterocycles. The molecule has 27 heavy (non-hydrogen) atoms. The molecule has 0 radical (unpaired) electrons. The van der Waals surface area contributed by atoms with Crippen LogP contribution in [0, 0.1) is 0 Å². The van der Waals surface area contributed by atoms with Gasteiger partial charge in [-0.1, -0.05) is 24.3 Å². The Kier molecular flexibility index (Phi) is 4.57. The Morgan fingerprint density at radius 2 is 1.89 bits per heavy atom. The maximum Gasteiger partial charge on any atom is 0.251 e. The molecule has 1 unspecified atom stereocenters. The summed E-state index contributed by atoms with van der Waals surface area (Å²) in [6, 6.07) is 14.6. The molecule has 0 fully saturated rings. The number of hydrogen-bond donors (Lipinski definition) is 2. The van der Waals surface area contributed by atoms with E-state index in [1.807, 2.05) is 36.4 Å². The monoisotopic (exact) mass is 362 g/mol. The summed E-state index contributed by atoms with van der Waals surface area (Å²) < 4.78 is 11.5. The summed E-state index contributed by atoms with van der Waals surface area (Å²) in [5, 5.41) is 2.88. The van der Waals surface area contributed by atoms with Crippen LogP contribution in [-0.2, 0) is 0 Å². The lowest BCUT2D eigenvalue weighted by molar-refractivity contribution is 0.0789. The summed E-state index contributed by atoms with van der Waals surface area (Å²) in [6.45, 7) is 0.750. The number of carbonyl (C=O) groups is 1. The highest BCUT2D eigenvalue weighted by atomic mass is 16.6. The van der Waals surface area contributed by atoms with E-state index in [9.17, 15) is 4.79 Å². The molecule has 1 aliphatic heterocycles. The van der Waals surface area contributed by atoms with Gasteiger partial charge in [0.15, 0.2) is 11.5 Å². The van der Waals surface area contributed by atoms with Crippen LogP contribution >= 0.6 is 0 Å². The number of nitrogen functional groups attached to an aromatic ring is 1. The summed E-state index contributed by atoms with van der Waals surface area (Å²) in [6.07, 6.45) is 2.88. The molecule has 0 spiro atoms. The van der Waals surface area contributed by atoms with Crippen LogP contribution in [0.5, 0.6) is 11.5 Å². The van der Waals surface area contributed by atoms with Crippen LogP contribution in [0.3, 0.4) is 0 Å². The largest absolute Gasteiger partial charge is 0.486 e. The highest BCUT2D eigenvalue weighted by Crippen LogP contribution is 2.30. The van der Waals surface area contributed by atoms with Crippen LogP contribution < -0.4 is 20.5 Å². The van der Waals surface area contributed by atoms with Crippen molar-refractivity contribution in [3.05, 3.63) is 66.5 Å². The van der Waals surface area contributed by atoms with Gasteiger partial charge in [0.1, 0.15) is 18.5 Å². The minimum absolute atomic E-state index is 0.178. The number of carbonyl (C=O) groups excluding carboxylic acids is 1. The van der Waals surface area contributed by atoms with Gasteiger partial charge < -0.3 is 20.5 Å². The van der Waals surface area contributed by atoms with Crippen LogP contribution in [0.4, 0.5) is 5.82 Å². The number of para-hydroxylation sites is 2. The molecule has 2 aromatic carbocycles. The normalized spacial score (nSPS) is 15.2. The Hall–Kier alpha value is -3.61. The smallest absolute Gasteiger partial charge is 0.251 e. The molecule has 1 amide bonds. The van der Waals surface area contributed by atoms with Gasteiger partial charge in [0, 0.05) is 11.1 Å². The molecule has 1 aliphatic rings. The predicted octanol–water partition coefficient (Wildman–Crippen LogP) is 2.30. The second-order valence-corrected chi connectivity index (χ2v) is 6.11. The Morgan fingerprint density at radius 3 is 2.67 bits per heavy atom. The van der Waals surface area contributed by atoms with Gasteiger partial charge in [0.05, 0.1) is 24.6 Å². The van der Waals surface area contributed by atoms with Crippen LogP contribution in [-0.4, -0.2) is 35.1 Å². The first-order chi connectivity index (χ1) is 13.2. The number of hydrogen-bond acceptors (Lipinski definition) is 6. The van der Waals surface area contributed by atoms with Gasteiger partial charge in [0.2, 0.25) is 0 Å². The van der Waals surface area contributed by atoms with Crippen LogP contribution in [0.2, 0.25) is 0 Å². The molecule has 136 valence electrons. The van der Waals surface area contributed by atoms with E-state index < -0.39 is 0 Å². The lowest BCUT2D eigenvalue weighted by Crippen LogP contribution is -2.40. The first-order valence-corrected chi connectivity index (χ1v) is 8.54. The summed E-state index contributed by atoms with van der Waals surface area (Å²) in [5.41, 5.74) is 7.70. The predicted molar refractivity (Wildman–Crippen MR) is 101 cm³/mol. The fourth-order valence-corrected chi connectivity index (χ4v) is 2.78. The maximum atomic E-state index is 12.4. The number of ether oxygens (including phenoxy) is 2. The maximum absolute atomic E-state index is 12.4. The average molecular weight is 362 g/mol.